The van der Waals surface area contributed by atoms with Gasteiger partial charge in [0.2, 0.25) is 5.89 Å². The van der Waals surface area contributed by atoms with Crippen LogP contribution in [0.5, 0.6) is 5.75 Å². The van der Waals surface area contributed by atoms with E-state index in [1.165, 1.54) is 5.56 Å². The maximum atomic E-state index is 5.70. The summed E-state index contributed by atoms with van der Waals surface area (Å²) in [5.41, 5.74) is 4.01. The Kier molecular flexibility index (Phi) is 6.72. The Morgan fingerprint density at radius 2 is 1.62 bits per heavy atom. The van der Waals surface area contributed by atoms with Gasteiger partial charge in [-0.15, -0.1) is 10.2 Å². The van der Waals surface area contributed by atoms with E-state index in [1.54, 1.807) is 25.1 Å². The van der Waals surface area contributed by atoms with Crippen molar-refractivity contribution in [3.05, 3.63) is 102 Å². The summed E-state index contributed by atoms with van der Waals surface area (Å²) < 4.78 is 13.4. The average molecular weight is 469 g/mol. The van der Waals surface area contributed by atoms with E-state index in [2.05, 4.69) is 44.0 Å². The van der Waals surface area contributed by atoms with Gasteiger partial charge in [-0.1, -0.05) is 72.4 Å². The molecule has 0 saturated carbocycles. The summed E-state index contributed by atoms with van der Waals surface area (Å²) in [7, 11) is 1.67. The highest BCUT2D eigenvalue weighted by molar-refractivity contribution is 7.98. The molecule has 6 nitrogen and oxygen atoms in total. The first-order valence-electron chi connectivity index (χ1n) is 11.0. The molecule has 7 heteroatoms. The smallest absolute Gasteiger partial charge is 0.226 e. The molecule has 0 bridgehead atoms. The van der Waals surface area contributed by atoms with Crippen LogP contribution >= 0.6 is 11.8 Å². The molecule has 0 atom stereocenters. The van der Waals surface area contributed by atoms with E-state index in [9.17, 15) is 0 Å². The van der Waals surface area contributed by atoms with Gasteiger partial charge in [-0.2, -0.15) is 0 Å². The van der Waals surface area contributed by atoms with Gasteiger partial charge >= 0.3 is 0 Å². The van der Waals surface area contributed by atoms with Gasteiger partial charge in [-0.25, -0.2) is 4.98 Å². The Morgan fingerprint density at radius 3 is 2.41 bits per heavy atom. The van der Waals surface area contributed by atoms with Gasteiger partial charge in [0.15, 0.2) is 11.0 Å². The summed E-state index contributed by atoms with van der Waals surface area (Å²) in [4.78, 5) is 4.65. The van der Waals surface area contributed by atoms with Crippen molar-refractivity contribution in [1.82, 2.24) is 19.7 Å². The van der Waals surface area contributed by atoms with E-state index < -0.39 is 0 Å². The lowest BCUT2D eigenvalue weighted by atomic mass is 10.1. The number of aromatic nitrogens is 4. The van der Waals surface area contributed by atoms with E-state index in [0.717, 1.165) is 46.5 Å². The molecule has 3 aromatic carbocycles. The summed E-state index contributed by atoms with van der Waals surface area (Å²) in [6.07, 6.45) is 2.58. The van der Waals surface area contributed by atoms with Gasteiger partial charge in [-0.3, -0.25) is 0 Å². The normalized spacial score (nSPS) is 11.0. The molecule has 0 radical (unpaired) electrons. The number of nitrogens with zero attached hydrogens (tertiary/aromatic N) is 4. The number of ether oxygens (including phenoxy) is 1. The fourth-order valence-corrected chi connectivity index (χ4v) is 4.58. The zero-order valence-corrected chi connectivity index (χ0v) is 19.6. The minimum absolute atomic E-state index is 0.622. The SMILES string of the molecule is COc1ccccc1-c1nnc(SCc2coc(-c3ccccc3)n2)n1CCc1ccccc1. The molecule has 0 aliphatic heterocycles. The standard InChI is InChI=1S/C27H24N4O2S/c1-32-24-15-9-8-14-23(24)25-29-30-27(31(25)17-16-20-10-4-2-5-11-20)34-19-22-18-33-26(28-22)21-12-6-3-7-13-21/h2-15,18H,16-17,19H2,1H3. The van der Waals surface area contributed by atoms with Crippen molar-refractivity contribution in [2.75, 3.05) is 7.11 Å². The van der Waals surface area contributed by atoms with Crippen LogP contribution in [0.3, 0.4) is 0 Å². The Hall–Kier alpha value is -3.84. The van der Waals surface area contributed by atoms with Gasteiger partial charge in [0, 0.05) is 17.9 Å². The number of benzene rings is 3. The van der Waals surface area contributed by atoms with Crippen molar-refractivity contribution >= 4 is 11.8 Å². The second-order valence-electron chi connectivity index (χ2n) is 7.69. The fourth-order valence-electron chi connectivity index (χ4n) is 3.74. The van der Waals surface area contributed by atoms with E-state index in [-0.39, 0.29) is 0 Å². The molecule has 0 aliphatic carbocycles. The molecule has 2 heterocycles. The molecule has 0 aliphatic rings. The third-order valence-corrected chi connectivity index (χ3v) is 6.45. The van der Waals surface area contributed by atoms with E-state index in [1.807, 2.05) is 60.7 Å². The predicted octanol–water partition coefficient (Wildman–Crippen LogP) is 6.14. The molecule has 5 rings (SSSR count). The molecular formula is C27H24N4O2S. The largest absolute Gasteiger partial charge is 0.496 e. The van der Waals surface area contributed by atoms with Gasteiger partial charge in [0.25, 0.3) is 0 Å². The van der Waals surface area contributed by atoms with Crippen LogP contribution in [0.15, 0.2) is 101 Å². The van der Waals surface area contributed by atoms with Gasteiger partial charge in [0.05, 0.1) is 18.4 Å². The third kappa shape index (κ3) is 4.89. The minimum Gasteiger partial charge on any atom is -0.496 e. The number of hydrogen-bond acceptors (Lipinski definition) is 6. The maximum absolute atomic E-state index is 5.70. The second-order valence-corrected chi connectivity index (χ2v) is 8.63. The zero-order chi connectivity index (χ0) is 23.2. The van der Waals surface area contributed by atoms with Crippen LogP contribution in [-0.4, -0.2) is 26.9 Å². The van der Waals surface area contributed by atoms with Crippen LogP contribution in [0, 0.1) is 0 Å². The van der Waals surface area contributed by atoms with Crippen LogP contribution < -0.4 is 4.74 Å². The van der Waals surface area contributed by atoms with E-state index in [0.29, 0.717) is 11.6 Å². The topological polar surface area (TPSA) is 66.0 Å². The number of rotatable bonds is 9. The average Bonchev–Trinajstić information content (AvgIpc) is 3.54. The van der Waals surface area contributed by atoms with Gasteiger partial charge in [-0.05, 0) is 36.2 Å². The molecule has 0 saturated heterocycles. The van der Waals surface area contributed by atoms with Crippen LogP contribution in [0.25, 0.3) is 22.8 Å². The van der Waals surface area contributed by atoms with Crippen LogP contribution in [-0.2, 0) is 18.7 Å². The molecule has 170 valence electrons. The Balaban J connectivity index is 1.40. The Morgan fingerprint density at radius 1 is 0.882 bits per heavy atom. The Bertz CT molecular complexity index is 1350. The number of aryl methyl sites for hydroxylation is 1. The molecule has 0 unspecified atom stereocenters. The van der Waals surface area contributed by atoms with E-state index >= 15 is 0 Å². The highest BCUT2D eigenvalue weighted by atomic mass is 32.2. The van der Waals surface area contributed by atoms with Crippen molar-refractivity contribution in [2.45, 2.75) is 23.9 Å². The fraction of sp³-hybridized carbons (Fsp3) is 0.148. The first-order valence-corrected chi connectivity index (χ1v) is 12.0. The molecule has 0 fully saturated rings. The lowest BCUT2D eigenvalue weighted by molar-refractivity contribution is 0.415. The molecular weight excluding hydrogens is 444 g/mol. The third-order valence-electron chi connectivity index (χ3n) is 5.45. The molecule has 2 aromatic heterocycles. The monoisotopic (exact) mass is 468 g/mol. The van der Waals surface area contributed by atoms with Crippen molar-refractivity contribution in [3.63, 3.8) is 0 Å². The highest BCUT2D eigenvalue weighted by Crippen LogP contribution is 2.32. The highest BCUT2D eigenvalue weighted by Gasteiger charge is 2.18. The molecule has 0 amide bonds. The second kappa shape index (κ2) is 10.4. The summed E-state index contributed by atoms with van der Waals surface area (Å²) in [5, 5.41) is 9.90. The van der Waals surface area contributed by atoms with Crippen LogP contribution in [0.2, 0.25) is 0 Å². The van der Waals surface area contributed by atoms with Crippen LogP contribution in [0.1, 0.15) is 11.3 Å². The van der Waals surface area contributed by atoms with Gasteiger partial charge < -0.3 is 13.7 Å². The number of para-hydroxylation sites is 1. The Labute approximate surface area is 202 Å². The first-order chi connectivity index (χ1) is 16.8. The lowest BCUT2D eigenvalue weighted by Crippen LogP contribution is -2.06. The van der Waals surface area contributed by atoms with Crippen molar-refractivity contribution < 1.29 is 9.15 Å². The number of thioether (sulfide) groups is 1. The molecule has 0 N–H and O–H groups in total. The number of methoxy groups -OCH3 is 1. The summed E-state index contributed by atoms with van der Waals surface area (Å²) in [6, 6.07) is 28.2. The zero-order valence-electron chi connectivity index (χ0n) is 18.8. The summed E-state index contributed by atoms with van der Waals surface area (Å²) in [5.74, 6) is 2.82. The first kappa shape index (κ1) is 22.0. The number of oxazole rings is 1. The lowest BCUT2D eigenvalue weighted by Gasteiger charge is -2.12. The quantitative estimate of drug-likeness (QED) is 0.242. The molecule has 5 aromatic rings. The van der Waals surface area contributed by atoms with Crippen molar-refractivity contribution in [3.8, 4) is 28.6 Å². The summed E-state index contributed by atoms with van der Waals surface area (Å²) in [6.45, 7) is 0.751. The molecule has 34 heavy (non-hydrogen) atoms. The van der Waals surface area contributed by atoms with Crippen molar-refractivity contribution in [2.24, 2.45) is 0 Å². The summed E-state index contributed by atoms with van der Waals surface area (Å²) >= 11 is 1.60. The van der Waals surface area contributed by atoms with Crippen molar-refractivity contribution in [1.29, 1.82) is 0 Å². The predicted molar refractivity (Wildman–Crippen MR) is 134 cm³/mol. The molecule has 0 spiro atoms. The van der Waals surface area contributed by atoms with E-state index in [4.69, 9.17) is 9.15 Å². The van der Waals surface area contributed by atoms with Crippen LogP contribution in [0.4, 0.5) is 0 Å². The number of hydrogen-bond donors (Lipinski definition) is 0. The maximum Gasteiger partial charge on any atom is 0.226 e. The van der Waals surface area contributed by atoms with Gasteiger partial charge in [0.1, 0.15) is 12.0 Å². The minimum atomic E-state index is 0.622.